The minimum absolute atomic E-state index is 0.144. The monoisotopic (exact) mass is 360 g/mol. The van der Waals surface area contributed by atoms with Crippen LogP contribution >= 0.6 is 11.8 Å². The van der Waals surface area contributed by atoms with E-state index in [1.807, 2.05) is 12.4 Å². The number of fused-ring (bicyclic) bond motifs is 1. The summed E-state index contributed by atoms with van der Waals surface area (Å²) in [6.07, 6.45) is 5.77. The van der Waals surface area contributed by atoms with Gasteiger partial charge in [0.1, 0.15) is 0 Å². The molecule has 8 heteroatoms. The maximum Gasteiger partial charge on any atom is 0.271 e. The number of H-pyrrole nitrogens is 1. The third-order valence-electron chi connectivity index (χ3n) is 4.42. The molecule has 0 fully saturated rings. The molecule has 1 aliphatic rings. The maximum absolute atomic E-state index is 11.9. The summed E-state index contributed by atoms with van der Waals surface area (Å²) in [7, 11) is 1.63. The van der Waals surface area contributed by atoms with E-state index in [0.717, 1.165) is 47.9 Å². The van der Waals surface area contributed by atoms with E-state index in [2.05, 4.69) is 44.2 Å². The van der Waals surface area contributed by atoms with Crippen LogP contribution in [-0.2, 0) is 19.5 Å². The van der Waals surface area contributed by atoms with E-state index in [4.69, 9.17) is 0 Å². The van der Waals surface area contributed by atoms with E-state index in [-0.39, 0.29) is 5.91 Å². The highest BCUT2D eigenvalue weighted by Crippen LogP contribution is 2.23. The lowest BCUT2D eigenvalue weighted by Gasteiger charge is -2.26. The highest BCUT2D eigenvalue weighted by molar-refractivity contribution is 7.99. The standard InChI is InChI=1S/C17H24N6OS/c1-4-11(2)25-17-19-7-12(8-20-17)9-23-6-5-14-13(10-23)15(22-21-14)16(24)18-3/h7-8,11H,4-6,9-10H2,1-3H3,(H,18,24)(H,21,22)/t11-/m1/s1. The maximum atomic E-state index is 11.9. The Morgan fingerprint density at radius 2 is 2.20 bits per heavy atom. The molecule has 1 aliphatic heterocycles. The second-order valence-electron chi connectivity index (χ2n) is 6.28. The van der Waals surface area contributed by atoms with E-state index in [9.17, 15) is 4.79 Å². The number of rotatable bonds is 6. The van der Waals surface area contributed by atoms with Crippen LogP contribution < -0.4 is 5.32 Å². The van der Waals surface area contributed by atoms with Crippen molar-refractivity contribution in [2.24, 2.45) is 0 Å². The Morgan fingerprint density at radius 1 is 1.44 bits per heavy atom. The summed E-state index contributed by atoms with van der Waals surface area (Å²) >= 11 is 1.71. The third-order valence-corrected chi connectivity index (χ3v) is 5.58. The normalized spacial score (nSPS) is 15.6. The fraction of sp³-hybridized carbons (Fsp3) is 0.529. The second kappa shape index (κ2) is 7.97. The van der Waals surface area contributed by atoms with Gasteiger partial charge in [0.15, 0.2) is 10.9 Å². The number of aromatic amines is 1. The fourth-order valence-corrected chi connectivity index (χ4v) is 3.55. The van der Waals surface area contributed by atoms with Crippen molar-refractivity contribution in [1.29, 1.82) is 0 Å². The molecule has 3 heterocycles. The molecule has 134 valence electrons. The average Bonchev–Trinajstić information content (AvgIpc) is 3.06. The average molecular weight is 360 g/mol. The van der Waals surface area contributed by atoms with Crippen LogP contribution in [-0.4, -0.2) is 49.8 Å². The van der Waals surface area contributed by atoms with Gasteiger partial charge in [-0.2, -0.15) is 5.10 Å². The molecule has 0 aliphatic carbocycles. The number of hydrogen-bond donors (Lipinski definition) is 2. The first kappa shape index (κ1) is 17.9. The first-order chi connectivity index (χ1) is 12.1. The first-order valence-electron chi connectivity index (χ1n) is 8.58. The van der Waals surface area contributed by atoms with Crippen molar-refractivity contribution in [1.82, 2.24) is 30.4 Å². The van der Waals surface area contributed by atoms with Gasteiger partial charge in [0, 0.05) is 67.6 Å². The Labute approximate surface area is 152 Å². The highest BCUT2D eigenvalue weighted by Gasteiger charge is 2.25. The SMILES string of the molecule is CC[C@@H](C)Sc1ncc(CN2CCc3[nH]nc(C(=O)NC)c3C2)cn1. The zero-order chi connectivity index (χ0) is 17.8. The molecule has 0 spiro atoms. The molecule has 2 N–H and O–H groups in total. The van der Waals surface area contributed by atoms with Gasteiger partial charge >= 0.3 is 0 Å². The molecule has 0 bridgehead atoms. The molecule has 0 radical (unpaired) electrons. The fourth-order valence-electron chi connectivity index (χ4n) is 2.80. The number of carbonyl (C=O) groups excluding carboxylic acids is 1. The minimum Gasteiger partial charge on any atom is -0.354 e. The topological polar surface area (TPSA) is 86.8 Å². The zero-order valence-corrected chi connectivity index (χ0v) is 15.7. The first-order valence-corrected chi connectivity index (χ1v) is 9.46. The lowest BCUT2D eigenvalue weighted by molar-refractivity contribution is 0.0955. The van der Waals surface area contributed by atoms with Crippen LogP contribution in [0.15, 0.2) is 17.6 Å². The molecule has 2 aromatic rings. The van der Waals surface area contributed by atoms with Crippen LogP contribution in [0, 0.1) is 0 Å². The molecule has 0 aromatic carbocycles. The predicted octanol–water partition coefficient (Wildman–Crippen LogP) is 2.01. The molecular formula is C17H24N6OS. The van der Waals surface area contributed by atoms with E-state index in [1.54, 1.807) is 18.8 Å². The van der Waals surface area contributed by atoms with Crippen molar-refractivity contribution in [3.05, 3.63) is 34.9 Å². The van der Waals surface area contributed by atoms with Gasteiger partial charge in [-0.3, -0.25) is 14.8 Å². The van der Waals surface area contributed by atoms with E-state index < -0.39 is 0 Å². The summed E-state index contributed by atoms with van der Waals surface area (Å²) in [4.78, 5) is 23.2. The Balaban J connectivity index is 1.65. The molecule has 3 rings (SSSR count). The molecule has 0 saturated carbocycles. The van der Waals surface area contributed by atoms with Gasteiger partial charge in [-0.25, -0.2) is 9.97 Å². The van der Waals surface area contributed by atoms with Gasteiger partial charge in [-0.1, -0.05) is 25.6 Å². The number of amides is 1. The zero-order valence-electron chi connectivity index (χ0n) is 14.9. The van der Waals surface area contributed by atoms with Crippen molar-refractivity contribution in [2.45, 2.75) is 50.2 Å². The molecule has 1 amide bonds. The molecular weight excluding hydrogens is 336 g/mol. The Kier molecular flexibility index (Phi) is 5.70. The van der Waals surface area contributed by atoms with Crippen molar-refractivity contribution in [3.63, 3.8) is 0 Å². The molecule has 25 heavy (non-hydrogen) atoms. The summed E-state index contributed by atoms with van der Waals surface area (Å²) in [5.41, 5.74) is 3.64. The van der Waals surface area contributed by atoms with Crippen LogP contribution in [0.2, 0.25) is 0 Å². The van der Waals surface area contributed by atoms with Gasteiger partial charge in [0.05, 0.1) is 0 Å². The van der Waals surface area contributed by atoms with Crippen LogP contribution in [0.1, 0.15) is 47.6 Å². The largest absolute Gasteiger partial charge is 0.354 e. The molecule has 0 saturated heterocycles. The lowest BCUT2D eigenvalue weighted by Crippen LogP contribution is -2.31. The summed E-state index contributed by atoms with van der Waals surface area (Å²) < 4.78 is 0. The van der Waals surface area contributed by atoms with Gasteiger partial charge in [0.25, 0.3) is 5.91 Å². The van der Waals surface area contributed by atoms with Gasteiger partial charge in [-0.05, 0) is 6.42 Å². The van der Waals surface area contributed by atoms with E-state index in [1.165, 1.54) is 0 Å². The summed E-state index contributed by atoms with van der Waals surface area (Å²) in [6.45, 7) is 6.75. The van der Waals surface area contributed by atoms with Crippen molar-refractivity contribution >= 4 is 17.7 Å². The van der Waals surface area contributed by atoms with E-state index >= 15 is 0 Å². The number of hydrogen-bond acceptors (Lipinski definition) is 6. The Hall–Kier alpha value is -1.93. The molecule has 1 atom stereocenters. The summed E-state index contributed by atoms with van der Waals surface area (Å²) in [5.74, 6) is -0.144. The minimum atomic E-state index is -0.144. The van der Waals surface area contributed by atoms with Gasteiger partial charge in [0.2, 0.25) is 0 Å². The smallest absolute Gasteiger partial charge is 0.271 e. The van der Waals surface area contributed by atoms with Crippen LogP contribution in [0.25, 0.3) is 0 Å². The lowest BCUT2D eigenvalue weighted by atomic mass is 10.0. The van der Waals surface area contributed by atoms with Crippen LogP contribution in [0.4, 0.5) is 0 Å². The van der Waals surface area contributed by atoms with Gasteiger partial charge in [-0.15, -0.1) is 0 Å². The summed E-state index contributed by atoms with van der Waals surface area (Å²) in [5, 5.41) is 11.2. The quantitative estimate of drug-likeness (QED) is 0.605. The van der Waals surface area contributed by atoms with Crippen LogP contribution in [0.3, 0.4) is 0 Å². The Morgan fingerprint density at radius 3 is 2.88 bits per heavy atom. The Bertz CT molecular complexity index is 729. The number of thioether (sulfide) groups is 1. The molecule has 7 nitrogen and oxygen atoms in total. The summed E-state index contributed by atoms with van der Waals surface area (Å²) in [6, 6.07) is 0. The van der Waals surface area contributed by atoms with Gasteiger partial charge < -0.3 is 5.32 Å². The number of aromatic nitrogens is 4. The molecule has 2 aromatic heterocycles. The van der Waals surface area contributed by atoms with Crippen LogP contribution in [0.5, 0.6) is 0 Å². The van der Waals surface area contributed by atoms with E-state index in [0.29, 0.717) is 17.5 Å². The number of nitrogens with one attached hydrogen (secondary N) is 2. The van der Waals surface area contributed by atoms with Crippen molar-refractivity contribution in [2.75, 3.05) is 13.6 Å². The molecule has 0 unspecified atom stereocenters. The highest BCUT2D eigenvalue weighted by atomic mass is 32.2. The number of carbonyl (C=O) groups is 1. The van der Waals surface area contributed by atoms with Crippen molar-refractivity contribution in [3.8, 4) is 0 Å². The number of nitrogens with zero attached hydrogens (tertiary/aromatic N) is 4. The third kappa shape index (κ3) is 4.19. The predicted molar refractivity (Wildman–Crippen MR) is 97.4 cm³/mol. The second-order valence-corrected chi connectivity index (χ2v) is 7.69. The van der Waals surface area contributed by atoms with Crippen molar-refractivity contribution < 1.29 is 4.79 Å².